The zero-order valence-electron chi connectivity index (χ0n) is 5.08. The summed E-state index contributed by atoms with van der Waals surface area (Å²) >= 11 is 11.3. The molecule has 0 rings (SSSR count). The van der Waals surface area contributed by atoms with E-state index in [-0.39, 0.29) is 0 Å². The van der Waals surface area contributed by atoms with Gasteiger partial charge in [0, 0.05) is 13.0 Å². The lowest BCUT2D eigenvalue weighted by molar-refractivity contribution is 0.417. The van der Waals surface area contributed by atoms with Crippen LogP contribution < -0.4 is 0 Å². The number of hydrogen-bond donors (Lipinski definition) is 0. The second-order valence-corrected chi connectivity index (χ2v) is 7.63. The van der Waals surface area contributed by atoms with Gasteiger partial charge in [-0.3, -0.25) is 0 Å². The maximum Gasteiger partial charge on any atom is 0.287 e. The summed E-state index contributed by atoms with van der Waals surface area (Å²) < 4.78 is 5.00. The molecule has 0 fully saturated rings. The monoisotopic (exact) mass is 172 g/mol. The highest BCUT2D eigenvalue weighted by Crippen LogP contribution is 2.15. The van der Waals surface area contributed by atoms with Crippen molar-refractivity contribution in [2.75, 3.05) is 13.0 Å². The molecule has 0 spiro atoms. The van der Waals surface area contributed by atoms with Gasteiger partial charge in [-0.25, -0.2) is 0 Å². The molecule has 0 amide bonds. The molecule has 1 unspecified atom stereocenters. The molecule has 0 aliphatic carbocycles. The number of halogens is 2. The molecule has 0 aromatic rings. The summed E-state index contributed by atoms with van der Waals surface area (Å²) in [5.74, 6) is 0.597. The standard InChI is InChI=1S/C4H10Cl2OSi/c1-7-8(2,6)4-3-5/h3-4H2,1-2H3. The molecular weight excluding hydrogens is 163 g/mol. The summed E-state index contributed by atoms with van der Waals surface area (Å²) in [5, 5.41) is 0. The van der Waals surface area contributed by atoms with Crippen molar-refractivity contribution in [2.45, 2.75) is 12.6 Å². The van der Waals surface area contributed by atoms with Crippen LogP contribution in [0.3, 0.4) is 0 Å². The molecule has 0 aliphatic rings. The molecule has 50 valence electrons. The molecule has 0 saturated carbocycles. The fraction of sp³-hybridized carbons (Fsp3) is 1.00. The van der Waals surface area contributed by atoms with Crippen LogP contribution in [0.1, 0.15) is 0 Å². The van der Waals surface area contributed by atoms with Gasteiger partial charge in [-0.05, 0) is 12.6 Å². The molecule has 0 N–H and O–H groups in total. The van der Waals surface area contributed by atoms with Gasteiger partial charge in [-0.1, -0.05) is 0 Å². The summed E-state index contributed by atoms with van der Waals surface area (Å²) in [6, 6.07) is 0.812. The molecule has 0 bridgehead atoms. The van der Waals surface area contributed by atoms with E-state index < -0.39 is 7.63 Å². The van der Waals surface area contributed by atoms with Gasteiger partial charge in [0.2, 0.25) is 0 Å². The third-order valence-corrected chi connectivity index (χ3v) is 4.50. The third-order valence-electron chi connectivity index (χ3n) is 0.967. The quantitative estimate of drug-likeness (QED) is 0.361. The van der Waals surface area contributed by atoms with Gasteiger partial charge in [0.15, 0.2) is 0 Å². The highest BCUT2D eigenvalue weighted by Gasteiger charge is 2.22. The first-order chi connectivity index (χ1) is 3.62. The Morgan fingerprint density at radius 1 is 1.62 bits per heavy atom. The lowest BCUT2D eigenvalue weighted by Crippen LogP contribution is -2.25. The van der Waals surface area contributed by atoms with Crippen LogP contribution in [0, 0.1) is 0 Å². The smallest absolute Gasteiger partial charge is 0.287 e. The topological polar surface area (TPSA) is 9.23 Å². The lowest BCUT2D eigenvalue weighted by atomic mass is 11.0. The van der Waals surface area contributed by atoms with Crippen LogP contribution in [-0.4, -0.2) is 20.6 Å². The van der Waals surface area contributed by atoms with E-state index in [2.05, 4.69) is 0 Å². The highest BCUT2D eigenvalue weighted by atomic mass is 35.6. The first-order valence-corrected chi connectivity index (χ1v) is 6.58. The number of rotatable bonds is 3. The van der Waals surface area contributed by atoms with E-state index in [1.807, 2.05) is 6.55 Å². The number of alkyl halides is 1. The van der Waals surface area contributed by atoms with Gasteiger partial charge >= 0.3 is 0 Å². The molecule has 4 heteroatoms. The minimum Gasteiger partial charge on any atom is -0.407 e. The third kappa shape index (κ3) is 3.72. The zero-order valence-corrected chi connectivity index (χ0v) is 7.59. The van der Waals surface area contributed by atoms with Crippen LogP contribution in [-0.2, 0) is 4.43 Å². The van der Waals surface area contributed by atoms with Gasteiger partial charge in [0.1, 0.15) is 0 Å². The summed E-state index contributed by atoms with van der Waals surface area (Å²) in [4.78, 5) is 0. The van der Waals surface area contributed by atoms with Crippen LogP contribution in [0.15, 0.2) is 0 Å². The Balaban J connectivity index is 3.37. The van der Waals surface area contributed by atoms with Crippen molar-refractivity contribution in [1.29, 1.82) is 0 Å². The molecule has 0 aromatic carbocycles. The van der Waals surface area contributed by atoms with Crippen molar-refractivity contribution in [3.63, 3.8) is 0 Å². The molecule has 0 aromatic heterocycles. The van der Waals surface area contributed by atoms with Crippen molar-refractivity contribution in [3.8, 4) is 0 Å². The fourth-order valence-electron chi connectivity index (χ4n) is 0.271. The predicted octanol–water partition coefficient (Wildman–Crippen LogP) is 2.18. The first-order valence-electron chi connectivity index (χ1n) is 2.42. The van der Waals surface area contributed by atoms with E-state index in [1.165, 1.54) is 0 Å². The van der Waals surface area contributed by atoms with Gasteiger partial charge in [0.05, 0.1) is 0 Å². The molecule has 0 radical (unpaired) electrons. The first kappa shape index (κ1) is 8.76. The van der Waals surface area contributed by atoms with E-state index in [9.17, 15) is 0 Å². The van der Waals surface area contributed by atoms with Crippen LogP contribution in [0.2, 0.25) is 12.6 Å². The van der Waals surface area contributed by atoms with E-state index >= 15 is 0 Å². The van der Waals surface area contributed by atoms with Gasteiger partial charge in [-0.15, -0.1) is 22.7 Å². The Hall–Kier alpha value is 0.757. The lowest BCUT2D eigenvalue weighted by Gasteiger charge is -2.13. The fourth-order valence-corrected chi connectivity index (χ4v) is 2.47. The van der Waals surface area contributed by atoms with Gasteiger partial charge in [-0.2, -0.15) is 0 Å². The molecular formula is C4H10Cl2OSi. The van der Waals surface area contributed by atoms with Crippen molar-refractivity contribution >= 4 is 30.3 Å². The van der Waals surface area contributed by atoms with Gasteiger partial charge in [0.25, 0.3) is 7.63 Å². The molecule has 1 nitrogen and oxygen atoms in total. The van der Waals surface area contributed by atoms with Crippen molar-refractivity contribution in [1.82, 2.24) is 0 Å². The van der Waals surface area contributed by atoms with Crippen LogP contribution in [0.25, 0.3) is 0 Å². The minimum atomic E-state index is -1.84. The molecule has 0 saturated heterocycles. The summed E-state index contributed by atoms with van der Waals surface area (Å²) in [5.41, 5.74) is 0. The summed E-state index contributed by atoms with van der Waals surface area (Å²) in [7, 11) is -0.206. The average molecular weight is 173 g/mol. The average Bonchev–Trinajstić information content (AvgIpc) is 1.67. The van der Waals surface area contributed by atoms with E-state index in [0.29, 0.717) is 5.88 Å². The van der Waals surface area contributed by atoms with Crippen LogP contribution in [0.5, 0.6) is 0 Å². The molecule has 0 aliphatic heterocycles. The molecule has 0 heterocycles. The van der Waals surface area contributed by atoms with Crippen LogP contribution in [0.4, 0.5) is 0 Å². The van der Waals surface area contributed by atoms with E-state index in [1.54, 1.807) is 7.11 Å². The molecule has 1 atom stereocenters. The Labute approximate surface area is 60.8 Å². The normalized spacial score (nSPS) is 18.0. The second kappa shape index (κ2) is 3.72. The zero-order chi connectivity index (χ0) is 6.62. The SMILES string of the molecule is CO[Si](C)(Cl)CCCl. The Morgan fingerprint density at radius 3 is 2.25 bits per heavy atom. The predicted molar refractivity (Wildman–Crippen MR) is 40.0 cm³/mol. The Bertz CT molecular complexity index is 67.1. The summed E-state index contributed by atoms with van der Waals surface area (Å²) in [6.45, 7) is 1.93. The Morgan fingerprint density at radius 2 is 2.12 bits per heavy atom. The van der Waals surface area contributed by atoms with Gasteiger partial charge < -0.3 is 4.43 Å². The Kier molecular flexibility index (Phi) is 4.07. The van der Waals surface area contributed by atoms with Crippen molar-refractivity contribution in [2.24, 2.45) is 0 Å². The number of hydrogen-bond acceptors (Lipinski definition) is 1. The molecule has 8 heavy (non-hydrogen) atoms. The van der Waals surface area contributed by atoms with Crippen LogP contribution >= 0.6 is 22.7 Å². The van der Waals surface area contributed by atoms with E-state index in [0.717, 1.165) is 6.04 Å². The summed E-state index contributed by atoms with van der Waals surface area (Å²) in [6.07, 6.45) is 0. The maximum atomic E-state index is 5.85. The second-order valence-electron chi connectivity index (χ2n) is 1.74. The van der Waals surface area contributed by atoms with Crippen molar-refractivity contribution < 1.29 is 4.43 Å². The van der Waals surface area contributed by atoms with E-state index in [4.69, 9.17) is 27.1 Å². The highest BCUT2D eigenvalue weighted by molar-refractivity contribution is 7.16. The van der Waals surface area contributed by atoms with Crippen molar-refractivity contribution in [3.05, 3.63) is 0 Å². The maximum absolute atomic E-state index is 5.85. The minimum absolute atomic E-state index is 0.597. The largest absolute Gasteiger partial charge is 0.407 e.